The van der Waals surface area contributed by atoms with Crippen molar-refractivity contribution in [3.05, 3.63) is 46.9 Å². The van der Waals surface area contributed by atoms with Gasteiger partial charge in [0.15, 0.2) is 0 Å². The van der Waals surface area contributed by atoms with Crippen molar-refractivity contribution in [1.29, 1.82) is 0 Å². The molecule has 0 bridgehead atoms. The minimum Gasteiger partial charge on any atom is -0.369 e. The molecular weight excluding hydrogens is 268 g/mol. The van der Waals surface area contributed by atoms with Gasteiger partial charge in [-0.1, -0.05) is 6.07 Å². The number of fused-ring (bicyclic) bond motifs is 1. The fourth-order valence-corrected chi connectivity index (χ4v) is 3.08. The number of hydrogen-bond donors (Lipinski definition) is 1. The first-order valence-electron chi connectivity index (χ1n) is 6.60. The van der Waals surface area contributed by atoms with Crippen molar-refractivity contribution >= 4 is 27.4 Å². The van der Waals surface area contributed by atoms with Gasteiger partial charge < -0.3 is 5.32 Å². The van der Waals surface area contributed by atoms with Gasteiger partial charge in [0, 0.05) is 23.8 Å². The Balaban J connectivity index is 1.77. The molecule has 0 aliphatic carbocycles. The van der Waals surface area contributed by atoms with Crippen LogP contribution >= 0.6 is 11.3 Å². The average Bonchev–Trinajstić information content (AvgIpc) is 2.80. The first kappa shape index (κ1) is 13.0. The third-order valence-corrected chi connectivity index (χ3v) is 4.00. The van der Waals surface area contributed by atoms with E-state index in [0.29, 0.717) is 0 Å². The maximum absolute atomic E-state index is 4.51. The first-order valence-corrected chi connectivity index (χ1v) is 7.41. The van der Waals surface area contributed by atoms with E-state index in [9.17, 15) is 0 Å². The van der Waals surface area contributed by atoms with E-state index in [2.05, 4.69) is 39.3 Å². The van der Waals surface area contributed by atoms with Gasteiger partial charge in [0.25, 0.3) is 0 Å². The van der Waals surface area contributed by atoms with Gasteiger partial charge in [-0.25, -0.2) is 9.97 Å². The van der Waals surface area contributed by atoms with Gasteiger partial charge in [0.2, 0.25) is 0 Å². The normalized spacial score (nSPS) is 10.9. The molecule has 3 rings (SSSR count). The number of pyridine rings is 1. The number of hydrogen-bond acceptors (Lipinski definition) is 5. The molecule has 0 aromatic carbocycles. The van der Waals surface area contributed by atoms with Gasteiger partial charge in [-0.05, 0) is 38.0 Å². The van der Waals surface area contributed by atoms with Gasteiger partial charge in [0.05, 0.1) is 5.39 Å². The van der Waals surface area contributed by atoms with Crippen molar-refractivity contribution in [2.45, 2.75) is 20.3 Å². The summed E-state index contributed by atoms with van der Waals surface area (Å²) in [6.45, 7) is 4.87. The Labute approximate surface area is 121 Å². The van der Waals surface area contributed by atoms with E-state index in [1.165, 1.54) is 10.4 Å². The maximum atomic E-state index is 4.51. The average molecular weight is 284 g/mol. The molecule has 0 saturated heterocycles. The molecule has 3 aromatic heterocycles. The van der Waals surface area contributed by atoms with Crippen LogP contribution in [0.2, 0.25) is 0 Å². The Hall–Kier alpha value is -2.01. The molecule has 0 fully saturated rings. The van der Waals surface area contributed by atoms with Gasteiger partial charge >= 0.3 is 0 Å². The lowest BCUT2D eigenvalue weighted by Crippen LogP contribution is -2.07. The van der Waals surface area contributed by atoms with Crippen molar-refractivity contribution in [3.8, 4) is 0 Å². The molecule has 102 valence electrons. The zero-order chi connectivity index (χ0) is 13.9. The summed E-state index contributed by atoms with van der Waals surface area (Å²) in [5.74, 6) is 1.74. The predicted molar refractivity (Wildman–Crippen MR) is 83.3 cm³/mol. The topological polar surface area (TPSA) is 50.7 Å². The van der Waals surface area contributed by atoms with Crippen LogP contribution in [0.5, 0.6) is 0 Å². The summed E-state index contributed by atoms with van der Waals surface area (Å²) in [6, 6.07) is 6.20. The molecule has 0 aliphatic rings. The fraction of sp³-hybridized carbons (Fsp3) is 0.267. The largest absolute Gasteiger partial charge is 0.369 e. The van der Waals surface area contributed by atoms with Crippen LogP contribution in [-0.2, 0) is 6.42 Å². The molecule has 1 N–H and O–H groups in total. The lowest BCUT2D eigenvalue weighted by Gasteiger charge is -2.07. The highest BCUT2D eigenvalue weighted by atomic mass is 32.1. The van der Waals surface area contributed by atoms with E-state index >= 15 is 0 Å². The third kappa shape index (κ3) is 2.77. The van der Waals surface area contributed by atoms with Crippen LogP contribution in [0.25, 0.3) is 10.2 Å². The van der Waals surface area contributed by atoms with Gasteiger partial charge in [-0.3, -0.25) is 4.98 Å². The number of thiophene rings is 1. The standard InChI is InChI=1S/C15H16N4S/c1-10-8-13-14(18-11(2)19-15(13)20-10)17-7-5-12-4-3-6-16-9-12/h3-4,6,8-9H,5,7H2,1-2H3,(H,17,18,19). The Morgan fingerprint density at radius 2 is 2.15 bits per heavy atom. The molecule has 20 heavy (non-hydrogen) atoms. The highest BCUT2D eigenvalue weighted by Gasteiger charge is 2.08. The van der Waals surface area contributed by atoms with E-state index in [1.807, 2.05) is 19.2 Å². The van der Waals surface area contributed by atoms with Crippen LogP contribution < -0.4 is 5.32 Å². The van der Waals surface area contributed by atoms with Crippen molar-refractivity contribution in [3.63, 3.8) is 0 Å². The third-order valence-electron chi connectivity index (χ3n) is 3.06. The van der Waals surface area contributed by atoms with Crippen LogP contribution in [-0.4, -0.2) is 21.5 Å². The monoisotopic (exact) mass is 284 g/mol. The molecule has 0 amide bonds. The number of nitrogens with one attached hydrogen (secondary N) is 1. The Bertz CT molecular complexity index is 721. The van der Waals surface area contributed by atoms with Gasteiger partial charge in [-0.2, -0.15) is 0 Å². The summed E-state index contributed by atoms with van der Waals surface area (Å²) in [7, 11) is 0. The number of nitrogens with zero attached hydrogens (tertiary/aromatic N) is 3. The first-order chi connectivity index (χ1) is 9.72. The smallest absolute Gasteiger partial charge is 0.138 e. The van der Waals surface area contributed by atoms with Crippen LogP contribution in [0.1, 0.15) is 16.3 Å². The zero-order valence-electron chi connectivity index (χ0n) is 11.6. The SMILES string of the molecule is Cc1nc(NCCc2cccnc2)c2cc(C)sc2n1. The summed E-state index contributed by atoms with van der Waals surface area (Å²) >= 11 is 1.71. The zero-order valence-corrected chi connectivity index (χ0v) is 12.4. The van der Waals surface area contributed by atoms with Crippen LogP contribution in [0.15, 0.2) is 30.6 Å². The molecular formula is C15H16N4S. The minimum absolute atomic E-state index is 0.809. The van der Waals surface area contributed by atoms with E-state index < -0.39 is 0 Å². The van der Waals surface area contributed by atoms with E-state index in [1.54, 1.807) is 17.5 Å². The van der Waals surface area contributed by atoms with Gasteiger partial charge in [-0.15, -0.1) is 11.3 Å². The molecule has 4 nitrogen and oxygen atoms in total. The van der Waals surface area contributed by atoms with Crippen molar-refractivity contribution < 1.29 is 0 Å². The molecule has 0 spiro atoms. The van der Waals surface area contributed by atoms with Crippen LogP contribution in [0.3, 0.4) is 0 Å². The highest BCUT2D eigenvalue weighted by molar-refractivity contribution is 7.18. The fourth-order valence-electron chi connectivity index (χ4n) is 2.15. The number of aromatic nitrogens is 3. The molecule has 0 radical (unpaired) electrons. The predicted octanol–water partition coefficient (Wildman–Crippen LogP) is 3.36. The number of anilines is 1. The number of aryl methyl sites for hydroxylation is 2. The van der Waals surface area contributed by atoms with Crippen molar-refractivity contribution in [2.24, 2.45) is 0 Å². The quantitative estimate of drug-likeness (QED) is 0.798. The lowest BCUT2D eigenvalue weighted by atomic mass is 10.2. The molecule has 5 heteroatoms. The summed E-state index contributed by atoms with van der Waals surface area (Å²) in [4.78, 5) is 15.4. The Morgan fingerprint density at radius 3 is 2.95 bits per heavy atom. The minimum atomic E-state index is 0.809. The highest BCUT2D eigenvalue weighted by Crippen LogP contribution is 2.28. The summed E-state index contributed by atoms with van der Waals surface area (Å²) in [6.07, 6.45) is 4.63. The summed E-state index contributed by atoms with van der Waals surface area (Å²) in [5.41, 5.74) is 1.23. The van der Waals surface area contributed by atoms with Crippen LogP contribution in [0.4, 0.5) is 5.82 Å². The van der Waals surface area contributed by atoms with Crippen LogP contribution in [0, 0.1) is 13.8 Å². The lowest BCUT2D eigenvalue weighted by molar-refractivity contribution is 0.985. The molecule has 0 unspecified atom stereocenters. The van der Waals surface area contributed by atoms with Crippen molar-refractivity contribution in [1.82, 2.24) is 15.0 Å². The second-order valence-corrected chi connectivity index (χ2v) is 5.97. The van der Waals surface area contributed by atoms with E-state index in [-0.39, 0.29) is 0 Å². The Morgan fingerprint density at radius 1 is 1.25 bits per heavy atom. The summed E-state index contributed by atoms with van der Waals surface area (Å²) in [5, 5.41) is 4.53. The molecule has 3 heterocycles. The van der Waals surface area contributed by atoms with E-state index in [0.717, 1.165) is 34.8 Å². The second kappa shape index (κ2) is 5.54. The maximum Gasteiger partial charge on any atom is 0.138 e. The van der Waals surface area contributed by atoms with E-state index in [4.69, 9.17) is 0 Å². The number of rotatable bonds is 4. The Kier molecular flexibility index (Phi) is 3.60. The molecule has 0 atom stereocenters. The molecule has 0 aliphatic heterocycles. The summed E-state index contributed by atoms with van der Waals surface area (Å²) < 4.78 is 0. The van der Waals surface area contributed by atoms with Gasteiger partial charge in [0.1, 0.15) is 16.5 Å². The molecule has 3 aromatic rings. The second-order valence-electron chi connectivity index (χ2n) is 4.73. The van der Waals surface area contributed by atoms with Crippen molar-refractivity contribution in [2.75, 3.05) is 11.9 Å². The molecule has 0 saturated carbocycles.